The number of carboxylic acid groups (broad SMARTS) is 3. The van der Waals surface area contributed by atoms with Gasteiger partial charge in [0, 0.05) is 51.8 Å². The Kier molecular flexibility index (Phi) is 22.9. The number of aliphatic carboxylic acids is 3. The number of nitrogens with one attached hydrogen (secondary N) is 5. The van der Waals surface area contributed by atoms with Gasteiger partial charge in [0.15, 0.2) is 0 Å². The van der Waals surface area contributed by atoms with E-state index in [9.17, 15) is 38.4 Å². The number of ether oxygens (including phenoxy) is 1. The largest absolute Gasteiger partial charge is 0.481 e. The molecule has 4 atom stereocenters. The van der Waals surface area contributed by atoms with Crippen molar-refractivity contribution in [3.63, 3.8) is 0 Å². The van der Waals surface area contributed by atoms with E-state index in [1.54, 1.807) is 19.2 Å². The van der Waals surface area contributed by atoms with Crippen molar-refractivity contribution in [2.75, 3.05) is 11.9 Å². The number of benzene rings is 1. The molecule has 1 saturated carbocycles. The smallest absolute Gasteiger partial charge is 0.408 e. The molecule has 0 radical (unpaired) electrons. The third-order valence-corrected chi connectivity index (χ3v) is 7.66. The number of anilines is 1. The van der Waals surface area contributed by atoms with Crippen molar-refractivity contribution in [2.45, 2.75) is 102 Å². The quantitative estimate of drug-likeness (QED) is 0.0656. The van der Waals surface area contributed by atoms with Crippen LogP contribution in [0, 0.1) is 5.92 Å². The van der Waals surface area contributed by atoms with Gasteiger partial charge in [-0.2, -0.15) is 0 Å². The SMILES string of the molecule is CC(C)[C@H](NC(=O)CCC(=O)O)C(=O)N[C@@H](CCCNC(N)=O)C(=O)Nc1ccc(COC(=O)NC(C(=O)O)C(=O)O)cc1.N[C@@H]1CCCC[C@H]1N.[Pt]. The molecule has 1 aliphatic rings. The maximum absolute atomic E-state index is 13.1. The van der Waals surface area contributed by atoms with Crippen LogP contribution < -0.4 is 43.8 Å². The van der Waals surface area contributed by atoms with Crippen molar-refractivity contribution in [1.29, 1.82) is 0 Å². The fraction of sp³-hybridized carbons (Fsp3) is 0.562. The van der Waals surface area contributed by atoms with E-state index in [4.69, 9.17) is 37.3 Å². The van der Waals surface area contributed by atoms with Crippen LogP contribution in [-0.4, -0.2) is 99.8 Å². The Morgan fingerprint density at radius 1 is 0.830 bits per heavy atom. The molecule has 20 nitrogen and oxygen atoms in total. The zero-order chi connectivity index (χ0) is 39.4. The Labute approximate surface area is 320 Å². The number of primary amides is 1. The third kappa shape index (κ3) is 20.1. The Bertz CT molecular complexity index is 1370. The number of carbonyl (C=O) groups excluding carboxylic acids is 5. The molecule has 0 aliphatic heterocycles. The molecule has 0 bridgehead atoms. The van der Waals surface area contributed by atoms with Crippen molar-refractivity contribution in [2.24, 2.45) is 23.1 Å². The second kappa shape index (κ2) is 25.2. The van der Waals surface area contributed by atoms with Crippen LogP contribution in [0.15, 0.2) is 24.3 Å². The van der Waals surface area contributed by atoms with E-state index < -0.39 is 78.2 Å². The summed E-state index contributed by atoms with van der Waals surface area (Å²) in [7, 11) is 0. The van der Waals surface area contributed by atoms with Gasteiger partial charge in [0.2, 0.25) is 23.8 Å². The van der Waals surface area contributed by atoms with E-state index in [2.05, 4.69) is 21.3 Å². The molecule has 1 aliphatic carbocycles. The summed E-state index contributed by atoms with van der Waals surface area (Å²) in [6.45, 7) is 3.06. The van der Waals surface area contributed by atoms with Gasteiger partial charge in [0.1, 0.15) is 18.7 Å². The van der Waals surface area contributed by atoms with E-state index in [-0.39, 0.29) is 71.3 Å². The van der Waals surface area contributed by atoms with Gasteiger partial charge < -0.3 is 58.5 Å². The molecule has 0 unspecified atom stereocenters. The summed E-state index contributed by atoms with van der Waals surface area (Å²) in [4.78, 5) is 93.5. The predicted octanol–water partition coefficient (Wildman–Crippen LogP) is -0.459. The van der Waals surface area contributed by atoms with E-state index in [0.29, 0.717) is 5.56 Å². The summed E-state index contributed by atoms with van der Waals surface area (Å²) in [6.07, 6.45) is 3.05. The normalized spacial score (nSPS) is 15.9. The maximum Gasteiger partial charge on any atom is 0.408 e. The first-order valence-corrected chi connectivity index (χ1v) is 16.6. The number of nitrogens with two attached hydrogens (primary N) is 3. The molecule has 2 rings (SSSR count). The van der Waals surface area contributed by atoms with Crippen molar-refractivity contribution < 1.29 is 79.5 Å². The molecule has 0 heterocycles. The number of hydrogen-bond acceptors (Lipinski definition) is 11. The van der Waals surface area contributed by atoms with Crippen LogP contribution in [0.1, 0.15) is 70.8 Å². The fourth-order valence-corrected chi connectivity index (χ4v) is 4.69. The van der Waals surface area contributed by atoms with Crippen LogP contribution >= 0.6 is 0 Å². The Balaban J connectivity index is 0.00000263. The Morgan fingerprint density at radius 3 is 1.87 bits per heavy atom. The van der Waals surface area contributed by atoms with Gasteiger partial charge in [-0.1, -0.05) is 38.8 Å². The predicted molar refractivity (Wildman–Crippen MR) is 184 cm³/mol. The number of carboxylic acids is 3. The summed E-state index contributed by atoms with van der Waals surface area (Å²) < 4.78 is 4.82. The second-order valence-corrected chi connectivity index (χ2v) is 12.3. The van der Waals surface area contributed by atoms with E-state index in [1.165, 1.54) is 37.1 Å². The van der Waals surface area contributed by atoms with Crippen LogP contribution in [0.25, 0.3) is 0 Å². The average Bonchev–Trinajstić information content (AvgIpc) is 3.07. The molecule has 1 fully saturated rings. The summed E-state index contributed by atoms with van der Waals surface area (Å²) in [5, 5.41) is 38.1. The zero-order valence-corrected chi connectivity index (χ0v) is 31.7. The molecule has 0 saturated heterocycles. The zero-order valence-electron chi connectivity index (χ0n) is 29.4. The summed E-state index contributed by atoms with van der Waals surface area (Å²) in [5.41, 5.74) is 17.0. The van der Waals surface area contributed by atoms with Gasteiger partial charge in [-0.3, -0.25) is 24.5 Å². The summed E-state index contributed by atoms with van der Waals surface area (Å²) >= 11 is 0. The van der Waals surface area contributed by atoms with Crippen molar-refractivity contribution in [1.82, 2.24) is 21.3 Å². The molecule has 53 heavy (non-hydrogen) atoms. The molecule has 0 spiro atoms. The minimum Gasteiger partial charge on any atom is -0.481 e. The molecule has 6 amide bonds. The van der Waals surface area contributed by atoms with Gasteiger partial charge in [0.25, 0.3) is 0 Å². The van der Waals surface area contributed by atoms with E-state index in [0.717, 1.165) is 12.8 Å². The average molecular weight is 934 g/mol. The number of rotatable bonds is 18. The fourth-order valence-electron chi connectivity index (χ4n) is 4.69. The van der Waals surface area contributed by atoms with Gasteiger partial charge in [-0.15, -0.1) is 0 Å². The topological polar surface area (TPSA) is 345 Å². The molecular weight excluding hydrogens is 883 g/mol. The Hall–Kier alpha value is -4.81. The molecule has 1 aromatic rings. The molecule has 21 heteroatoms. The molecule has 0 aromatic heterocycles. The number of hydrogen-bond donors (Lipinski definition) is 11. The molecule has 1 aromatic carbocycles. The molecule has 300 valence electrons. The maximum atomic E-state index is 13.1. The van der Waals surface area contributed by atoms with Crippen LogP contribution in [0.5, 0.6) is 0 Å². The van der Waals surface area contributed by atoms with Gasteiger partial charge in [-0.05, 0) is 49.3 Å². The van der Waals surface area contributed by atoms with Gasteiger partial charge in [-0.25, -0.2) is 19.2 Å². The first-order chi connectivity index (χ1) is 24.4. The van der Waals surface area contributed by atoms with Crippen molar-refractivity contribution in [3.05, 3.63) is 29.8 Å². The monoisotopic (exact) mass is 933 g/mol. The number of alkyl carbamates (subject to hydrolysis) is 1. The van der Waals surface area contributed by atoms with E-state index >= 15 is 0 Å². The first kappa shape index (κ1) is 48.2. The van der Waals surface area contributed by atoms with E-state index in [1.807, 2.05) is 0 Å². The minimum absolute atomic E-state index is 0. The van der Waals surface area contributed by atoms with Gasteiger partial charge in [0.05, 0.1) is 6.42 Å². The van der Waals surface area contributed by atoms with Crippen LogP contribution in [0.2, 0.25) is 0 Å². The minimum atomic E-state index is -2.19. The second-order valence-electron chi connectivity index (χ2n) is 12.3. The standard InChI is InChI=1S/C26H36N6O12.C6H14N2.Pt/c1-13(2)19(31-17(33)9-10-18(34)35)22(37)30-16(4-3-11-28-25(27)42)21(36)29-15-7-5-14(6-8-15)12-44-26(43)32-20(23(38)39)24(40)41;7-5-3-1-2-4-6(5)8;/h5-8,13,16,19-20H,3-4,9-12H2,1-2H3,(H,29,36)(H,30,37)(H,31,33)(H,32,43)(H,34,35)(H,38,39)(H,40,41)(H3,27,28,42);5-6H,1-4,7-8H2;/t16-,19-;5-,6-;/m01./s1. The Morgan fingerprint density at radius 2 is 1.40 bits per heavy atom. The first-order valence-electron chi connectivity index (χ1n) is 16.6. The number of amides is 6. The summed E-state index contributed by atoms with van der Waals surface area (Å²) in [5.74, 6) is -7.15. The third-order valence-electron chi connectivity index (χ3n) is 7.66. The van der Waals surface area contributed by atoms with Crippen LogP contribution in [0.4, 0.5) is 15.3 Å². The van der Waals surface area contributed by atoms with Crippen molar-refractivity contribution in [3.8, 4) is 0 Å². The summed E-state index contributed by atoms with van der Waals surface area (Å²) in [6, 6.07) is 1.20. The number of carbonyl (C=O) groups is 8. The van der Waals surface area contributed by atoms with Crippen molar-refractivity contribution >= 4 is 53.4 Å². The van der Waals surface area contributed by atoms with Crippen LogP contribution in [-0.2, 0) is 61.2 Å². The number of urea groups is 1. The van der Waals surface area contributed by atoms with Gasteiger partial charge >= 0.3 is 30.0 Å². The van der Waals surface area contributed by atoms with Crippen LogP contribution in [0.3, 0.4) is 0 Å². The molecular formula is C32H50N8O12Pt. The molecule has 14 N–H and O–H groups in total.